The monoisotopic (exact) mass is 264 g/mol. The van der Waals surface area contributed by atoms with Crippen molar-refractivity contribution in [1.29, 1.82) is 0 Å². The highest BCUT2D eigenvalue weighted by atomic mass is 16.5. The first-order valence-corrected chi connectivity index (χ1v) is 7.10. The van der Waals surface area contributed by atoms with E-state index in [0.717, 1.165) is 18.8 Å². The molecule has 106 valence electrons. The van der Waals surface area contributed by atoms with Crippen molar-refractivity contribution in [3.63, 3.8) is 0 Å². The highest BCUT2D eigenvalue weighted by Crippen LogP contribution is 2.27. The van der Waals surface area contributed by atoms with Gasteiger partial charge < -0.3 is 15.4 Å². The topological polar surface area (TPSA) is 64.3 Å². The van der Waals surface area contributed by atoms with Crippen LogP contribution < -0.4 is 15.4 Å². The summed E-state index contributed by atoms with van der Waals surface area (Å²) in [4.78, 5) is 11.2. The van der Waals surface area contributed by atoms with Gasteiger partial charge in [0.15, 0.2) is 0 Å². The van der Waals surface area contributed by atoms with Crippen LogP contribution in [0.2, 0.25) is 0 Å². The zero-order chi connectivity index (χ0) is 13.8. The lowest BCUT2D eigenvalue weighted by Gasteiger charge is -2.40. The smallest absolute Gasteiger partial charge is 0.229 e. The van der Waals surface area contributed by atoms with Gasteiger partial charge >= 0.3 is 0 Å². The molecule has 0 aliphatic carbocycles. The van der Waals surface area contributed by atoms with Crippen LogP contribution in [0, 0.1) is 0 Å². The Labute approximate surface area is 115 Å². The normalized spacial score (nSPS) is 23.7. The van der Waals surface area contributed by atoms with E-state index in [4.69, 9.17) is 10.5 Å². The Morgan fingerprint density at radius 2 is 2.26 bits per heavy atom. The summed E-state index contributed by atoms with van der Waals surface area (Å²) in [6, 6.07) is 2.56. The predicted octanol–water partition coefficient (Wildman–Crippen LogP) is 1.97. The summed E-state index contributed by atoms with van der Waals surface area (Å²) in [6.45, 7) is 6.84. The second-order valence-electron chi connectivity index (χ2n) is 5.44. The molecule has 19 heavy (non-hydrogen) atoms. The number of nitrogens with two attached hydrogens (primary N) is 1. The maximum absolute atomic E-state index is 5.88. The minimum absolute atomic E-state index is 0.117. The molecule has 1 aliphatic heterocycles. The Balaban J connectivity index is 2.23. The first-order chi connectivity index (χ1) is 9.11. The molecule has 0 spiro atoms. The lowest BCUT2D eigenvalue weighted by atomic mass is 9.97. The Bertz CT molecular complexity index is 410. The number of anilines is 1. The number of ether oxygens (including phenoxy) is 1. The van der Waals surface area contributed by atoms with Crippen molar-refractivity contribution in [1.82, 2.24) is 9.97 Å². The minimum Gasteiger partial charge on any atom is -0.475 e. The lowest BCUT2D eigenvalue weighted by molar-refractivity contribution is 0.232. The molecule has 0 saturated carbocycles. The number of hydrogen-bond acceptors (Lipinski definition) is 5. The van der Waals surface area contributed by atoms with E-state index in [0.29, 0.717) is 24.5 Å². The van der Waals surface area contributed by atoms with Crippen molar-refractivity contribution in [2.75, 3.05) is 11.4 Å². The van der Waals surface area contributed by atoms with Crippen LogP contribution in [0.15, 0.2) is 12.3 Å². The number of piperidine rings is 1. The minimum atomic E-state index is 0.117. The van der Waals surface area contributed by atoms with Crippen LogP contribution >= 0.6 is 0 Å². The number of aromatic nitrogens is 2. The molecule has 1 aromatic rings. The van der Waals surface area contributed by atoms with Gasteiger partial charge in [-0.1, -0.05) is 0 Å². The van der Waals surface area contributed by atoms with Crippen molar-refractivity contribution >= 4 is 5.95 Å². The number of nitrogens with zero attached hydrogens (tertiary/aromatic N) is 3. The molecule has 2 rings (SSSR count). The molecule has 1 fully saturated rings. The van der Waals surface area contributed by atoms with Crippen molar-refractivity contribution in [2.24, 2.45) is 5.73 Å². The Hall–Kier alpha value is -1.36. The van der Waals surface area contributed by atoms with E-state index in [9.17, 15) is 0 Å². The van der Waals surface area contributed by atoms with Crippen LogP contribution in [0.4, 0.5) is 5.95 Å². The van der Waals surface area contributed by atoms with Gasteiger partial charge in [-0.3, -0.25) is 0 Å². The van der Waals surface area contributed by atoms with E-state index < -0.39 is 0 Å². The van der Waals surface area contributed by atoms with Crippen LogP contribution in [0.25, 0.3) is 0 Å². The van der Waals surface area contributed by atoms with E-state index in [2.05, 4.69) is 21.8 Å². The third-order valence-electron chi connectivity index (χ3n) is 3.50. The third kappa shape index (κ3) is 3.35. The number of hydrogen-bond donors (Lipinski definition) is 1. The van der Waals surface area contributed by atoms with Crippen molar-refractivity contribution in [3.8, 4) is 5.88 Å². The summed E-state index contributed by atoms with van der Waals surface area (Å²) < 4.78 is 5.64. The van der Waals surface area contributed by atoms with Gasteiger partial charge in [0, 0.05) is 30.9 Å². The largest absolute Gasteiger partial charge is 0.475 e. The van der Waals surface area contributed by atoms with Crippen LogP contribution in [0.3, 0.4) is 0 Å². The van der Waals surface area contributed by atoms with Crippen LogP contribution in [-0.4, -0.2) is 34.7 Å². The summed E-state index contributed by atoms with van der Waals surface area (Å²) in [5, 5.41) is 0. The quantitative estimate of drug-likeness (QED) is 0.900. The van der Waals surface area contributed by atoms with Gasteiger partial charge in [0.1, 0.15) is 0 Å². The maximum atomic E-state index is 5.88. The van der Waals surface area contributed by atoms with Crippen molar-refractivity contribution in [3.05, 3.63) is 12.3 Å². The van der Waals surface area contributed by atoms with Gasteiger partial charge in [0.05, 0.1) is 6.10 Å². The van der Waals surface area contributed by atoms with Gasteiger partial charge in [0.25, 0.3) is 0 Å². The maximum Gasteiger partial charge on any atom is 0.229 e. The van der Waals surface area contributed by atoms with Gasteiger partial charge in [-0.25, -0.2) is 4.98 Å². The molecule has 0 radical (unpaired) electrons. The molecule has 1 saturated heterocycles. The molecule has 5 nitrogen and oxygen atoms in total. The molecule has 0 amide bonds. The predicted molar refractivity (Wildman–Crippen MR) is 76.4 cm³/mol. The molecular weight excluding hydrogens is 240 g/mol. The van der Waals surface area contributed by atoms with Gasteiger partial charge in [-0.05, 0) is 40.0 Å². The molecule has 1 aromatic heterocycles. The number of rotatable bonds is 4. The Kier molecular flexibility index (Phi) is 4.58. The SMILES string of the molecule is CC(C)Oc1ccnc(N2C(C)CCCC2CN)n1. The average molecular weight is 264 g/mol. The van der Waals surface area contributed by atoms with E-state index in [1.54, 1.807) is 12.3 Å². The van der Waals surface area contributed by atoms with Gasteiger partial charge in [-0.15, -0.1) is 0 Å². The fourth-order valence-electron chi connectivity index (χ4n) is 2.64. The third-order valence-corrected chi connectivity index (χ3v) is 3.50. The lowest BCUT2D eigenvalue weighted by Crippen LogP contribution is -2.49. The molecular formula is C14H24N4O. The average Bonchev–Trinajstić information content (AvgIpc) is 2.37. The Morgan fingerprint density at radius 1 is 1.47 bits per heavy atom. The summed E-state index contributed by atoms with van der Waals surface area (Å²) in [7, 11) is 0. The van der Waals surface area contributed by atoms with E-state index in [1.807, 2.05) is 13.8 Å². The molecule has 0 bridgehead atoms. The van der Waals surface area contributed by atoms with E-state index in [-0.39, 0.29) is 6.10 Å². The second kappa shape index (κ2) is 6.19. The summed E-state index contributed by atoms with van der Waals surface area (Å²) in [5.41, 5.74) is 5.88. The fraction of sp³-hybridized carbons (Fsp3) is 0.714. The zero-order valence-electron chi connectivity index (χ0n) is 12.0. The highest BCUT2D eigenvalue weighted by molar-refractivity contribution is 5.36. The zero-order valence-corrected chi connectivity index (χ0v) is 12.0. The highest BCUT2D eigenvalue weighted by Gasteiger charge is 2.29. The molecule has 0 aromatic carbocycles. The molecule has 1 aliphatic rings. The van der Waals surface area contributed by atoms with Gasteiger partial charge in [0.2, 0.25) is 11.8 Å². The molecule has 2 unspecified atom stereocenters. The van der Waals surface area contributed by atoms with Crippen LogP contribution in [-0.2, 0) is 0 Å². The molecule has 5 heteroatoms. The van der Waals surface area contributed by atoms with Crippen LogP contribution in [0.5, 0.6) is 5.88 Å². The van der Waals surface area contributed by atoms with Crippen molar-refractivity contribution in [2.45, 2.75) is 58.2 Å². The summed E-state index contributed by atoms with van der Waals surface area (Å²) >= 11 is 0. The van der Waals surface area contributed by atoms with Crippen molar-refractivity contribution < 1.29 is 4.74 Å². The van der Waals surface area contributed by atoms with E-state index in [1.165, 1.54) is 6.42 Å². The fourth-order valence-corrected chi connectivity index (χ4v) is 2.64. The second-order valence-corrected chi connectivity index (χ2v) is 5.44. The van der Waals surface area contributed by atoms with Gasteiger partial charge in [-0.2, -0.15) is 4.98 Å². The Morgan fingerprint density at radius 3 is 2.95 bits per heavy atom. The first kappa shape index (κ1) is 14.1. The van der Waals surface area contributed by atoms with Crippen LogP contribution in [0.1, 0.15) is 40.0 Å². The first-order valence-electron chi connectivity index (χ1n) is 7.10. The molecule has 2 heterocycles. The summed E-state index contributed by atoms with van der Waals surface area (Å²) in [5.74, 6) is 1.37. The van der Waals surface area contributed by atoms with E-state index >= 15 is 0 Å². The summed E-state index contributed by atoms with van der Waals surface area (Å²) in [6.07, 6.45) is 5.37. The molecule has 2 N–H and O–H groups in total. The standard InChI is InChI=1S/C14H24N4O/c1-10(2)19-13-7-8-16-14(17-13)18-11(3)5-4-6-12(18)9-15/h7-8,10-12H,4-6,9,15H2,1-3H3. The molecule has 2 atom stereocenters.